The molecule has 3 aromatic rings. The van der Waals surface area contributed by atoms with Crippen molar-refractivity contribution < 1.29 is 9.32 Å². The van der Waals surface area contributed by atoms with Gasteiger partial charge >= 0.3 is 0 Å². The summed E-state index contributed by atoms with van der Waals surface area (Å²) in [4.78, 5) is 22.0. The van der Waals surface area contributed by atoms with Crippen LogP contribution in [0.25, 0.3) is 11.0 Å². The van der Waals surface area contributed by atoms with E-state index in [4.69, 9.17) is 4.52 Å². The first kappa shape index (κ1) is 18.6. The molecule has 0 N–H and O–H groups in total. The molecule has 148 valence electrons. The average Bonchev–Trinajstić information content (AvgIpc) is 3.27. The van der Waals surface area contributed by atoms with Gasteiger partial charge in [-0.2, -0.15) is 5.10 Å². The Hall–Kier alpha value is -2.74. The third-order valence-electron chi connectivity index (χ3n) is 5.13. The Labute approximate surface area is 164 Å². The van der Waals surface area contributed by atoms with Gasteiger partial charge in [-0.25, -0.2) is 9.67 Å². The first-order valence-corrected chi connectivity index (χ1v) is 9.71. The minimum Gasteiger partial charge on any atom is -0.360 e. The zero-order valence-electron chi connectivity index (χ0n) is 16.8. The number of hydrogen-bond acceptors (Lipinski definition) is 6. The Morgan fingerprint density at radius 1 is 1.14 bits per heavy atom. The van der Waals surface area contributed by atoms with E-state index in [0.717, 1.165) is 47.8 Å². The third kappa shape index (κ3) is 3.52. The van der Waals surface area contributed by atoms with Crippen molar-refractivity contribution in [2.75, 3.05) is 26.2 Å². The van der Waals surface area contributed by atoms with Gasteiger partial charge in [0, 0.05) is 44.0 Å². The molecule has 8 nitrogen and oxygen atoms in total. The zero-order chi connectivity index (χ0) is 19.8. The number of piperazine rings is 1. The van der Waals surface area contributed by atoms with E-state index in [9.17, 15) is 4.79 Å². The molecule has 0 bridgehead atoms. The Morgan fingerprint density at radius 2 is 1.89 bits per heavy atom. The van der Waals surface area contributed by atoms with Crippen molar-refractivity contribution in [1.29, 1.82) is 0 Å². The Balaban J connectivity index is 1.50. The van der Waals surface area contributed by atoms with Crippen LogP contribution in [-0.4, -0.2) is 61.8 Å². The molecule has 28 heavy (non-hydrogen) atoms. The topological polar surface area (TPSA) is 80.3 Å². The highest BCUT2D eigenvalue weighted by Crippen LogP contribution is 2.23. The molecule has 1 aliphatic rings. The number of carbonyl (C=O) groups is 1. The molecule has 8 heteroatoms. The zero-order valence-corrected chi connectivity index (χ0v) is 16.8. The predicted octanol–water partition coefficient (Wildman–Crippen LogP) is 2.58. The van der Waals surface area contributed by atoms with E-state index in [1.54, 1.807) is 6.20 Å². The lowest BCUT2D eigenvalue weighted by molar-refractivity contribution is 0.0619. The van der Waals surface area contributed by atoms with E-state index >= 15 is 0 Å². The molecule has 1 saturated heterocycles. The van der Waals surface area contributed by atoms with Gasteiger partial charge in [0.1, 0.15) is 0 Å². The lowest BCUT2D eigenvalue weighted by Crippen LogP contribution is -2.48. The van der Waals surface area contributed by atoms with E-state index in [2.05, 4.69) is 34.0 Å². The molecule has 4 rings (SSSR count). The van der Waals surface area contributed by atoms with Crippen molar-refractivity contribution in [3.8, 4) is 0 Å². The van der Waals surface area contributed by atoms with Gasteiger partial charge in [0.2, 0.25) is 0 Å². The predicted molar refractivity (Wildman–Crippen MR) is 105 cm³/mol. The SMILES string of the molecule is Cc1cc(CN2CCN(C(=O)c3cc(C)nc4c3cnn4C(C)C)CC2)on1. The molecule has 0 atom stereocenters. The molecule has 1 fully saturated rings. The summed E-state index contributed by atoms with van der Waals surface area (Å²) in [6, 6.07) is 4.03. The van der Waals surface area contributed by atoms with Gasteiger partial charge in [0.15, 0.2) is 11.4 Å². The summed E-state index contributed by atoms with van der Waals surface area (Å²) in [7, 11) is 0. The number of aromatic nitrogens is 4. The van der Waals surface area contributed by atoms with Gasteiger partial charge in [-0.3, -0.25) is 9.69 Å². The van der Waals surface area contributed by atoms with Crippen LogP contribution in [0.4, 0.5) is 0 Å². The molecule has 0 aliphatic carbocycles. The highest BCUT2D eigenvalue weighted by Gasteiger charge is 2.25. The molecule has 0 aromatic carbocycles. The van der Waals surface area contributed by atoms with Crippen LogP contribution in [-0.2, 0) is 6.54 Å². The fourth-order valence-electron chi connectivity index (χ4n) is 3.69. The fraction of sp³-hybridized carbons (Fsp3) is 0.500. The average molecular weight is 382 g/mol. The number of pyridine rings is 1. The lowest BCUT2D eigenvalue weighted by Gasteiger charge is -2.34. The van der Waals surface area contributed by atoms with Crippen LogP contribution in [0.15, 0.2) is 22.9 Å². The van der Waals surface area contributed by atoms with Crippen molar-refractivity contribution in [3.05, 3.63) is 41.0 Å². The lowest BCUT2D eigenvalue weighted by atomic mass is 10.1. The Kier molecular flexibility index (Phi) is 4.89. The first-order valence-electron chi connectivity index (χ1n) is 9.71. The molecular weight excluding hydrogens is 356 g/mol. The van der Waals surface area contributed by atoms with Crippen molar-refractivity contribution in [3.63, 3.8) is 0 Å². The Bertz CT molecular complexity index is 997. The quantitative estimate of drug-likeness (QED) is 0.690. The maximum absolute atomic E-state index is 13.2. The van der Waals surface area contributed by atoms with E-state index in [0.29, 0.717) is 18.7 Å². The van der Waals surface area contributed by atoms with Gasteiger partial charge < -0.3 is 9.42 Å². The highest BCUT2D eigenvalue weighted by atomic mass is 16.5. The summed E-state index contributed by atoms with van der Waals surface area (Å²) in [5.74, 6) is 0.916. The van der Waals surface area contributed by atoms with Gasteiger partial charge in [-0.05, 0) is 33.8 Å². The molecule has 1 aliphatic heterocycles. The monoisotopic (exact) mass is 382 g/mol. The molecule has 1 amide bonds. The number of carbonyl (C=O) groups excluding carboxylic acids is 1. The largest absolute Gasteiger partial charge is 0.360 e. The van der Waals surface area contributed by atoms with Crippen LogP contribution in [0.1, 0.15) is 47.4 Å². The fourth-order valence-corrected chi connectivity index (χ4v) is 3.69. The summed E-state index contributed by atoms with van der Waals surface area (Å²) in [6.45, 7) is 11.7. The van der Waals surface area contributed by atoms with Crippen molar-refractivity contribution >= 4 is 16.9 Å². The van der Waals surface area contributed by atoms with Crippen LogP contribution < -0.4 is 0 Å². The van der Waals surface area contributed by atoms with Crippen LogP contribution >= 0.6 is 0 Å². The first-order chi connectivity index (χ1) is 13.4. The van der Waals surface area contributed by atoms with Gasteiger partial charge in [0.05, 0.1) is 29.4 Å². The number of nitrogens with zero attached hydrogens (tertiary/aromatic N) is 6. The minimum absolute atomic E-state index is 0.0500. The molecule has 0 unspecified atom stereocenters. The van der Waals surface area contributed by atoms with E-state index in [1.807, 2.05) is 35.6 Å². The molecule has 4 heterocycles. The second-order valence-corrected chi connectivity index (χ2v) is 7.73. The number of rotatable bonds is 4. The number of hydrogen-bond donors (Lipinski definition) is 0. The van der Waals surface area contributed by atoms with Gasteiger partial charge in [-0.15, -0.1) is 0 Å². The molecular formula is C20H26N6O2. The van der Waals surface area contributed by atoms with Crippen molar-refractivity contribution in [2.24, 2.45) is 0 Å². The summed E-state index contributed by atoms with van der Waals surface area (Å²) in [5.41, 5.74) is 3.19. The van der Waals surface area contributed by atoms with Crippen LogP contribution in [0.2, 0.25) is 0 Å². The molecule has 0 saturated carbocycles. The number of amides is 1. The highest BCUT2D eigenvalue weighted by molar-refractivity contribution is 6.05. The summed E-state index contributed by atoms with van der Waals surface area (Å²) >= 11 is 0. The van der Waals surface area contributed by atoms with Gasteiger partial charge in [-0.1, -0.05) is 5.16 Å². The summed E-state index contributed by atoms with van der Waals surface area (Å²) in [5, 5.41) is 9.20. The maximum Gasteiger partial charge on any atom is 0.254 e. The summed E-state index contributed by atoms with van der Waals surface area (Å²) in [6.07, 6.45) is 1.76. The van der Waals surface area contributed by atoms with Crippen LogP contribution in [0.5, 0.6) is 0 Å². The Morgan fingerprint density at radius 3 is 2.54 bits per heavy atom. The van der Waals surface area contributed by atoms with E-state index < -0.39 is 0 Å². The van der Waals surface area contributed by atoms with Crippen LogP contribution in [0.3, 0.4) is 0 Å². The number of aryl methyl sites for hydroxylation is 2. The third-order valence-corrected chi connectivity index (χ3v) is 5.13. The normalized spacial score (nSPS) is 15.7. The molecule has 0 radical (unpaired) electrons. The second-order valence-electron chi connectivity index (χ2n) is 7.73. The van der Waals surface area contributed by atoms with Crippen molar-refractivity contribution in [2.45, 2.75) is 40.3 Å². The molecule has 0 spiro atoms. The van der Waals surface area contributed by atoms with Crippen LogP contribution in [0, 0.1) is 13.8 Å². The smallest absolute Gasteiger partial charge is 0.254 e. The van der Waals surface area contributed by atoms with Crippen molar-refractivity contribution in [1.82, 2.24) is 29.7 Å². The van der Waals surface area contributed by atoms with E-state index in [-0.39, 0.29) is 11.9 Å². The standard InChI is InChI=1S/C20H26N6O2/c1-13(2)26-19-18(11-21-26)17(10-14(3)22-19)20(27)25-7-5-24(6-8-25)12-16-9-15(4)23-28-16/h9-11,13H,5-8,12H2,1-4H3. The van der Waals surface area contributed by atoms with E-state index in [1.165, 1.54) is 0 Å². The number of fused-ring (bicyclic) bond motifs is 1. The molecule has 3 aromatic heterocycles. The second kappa shape index (κ2) is 7.35. The summed E-state index contributed by atoms with van der Waals surface area (Å²) < 4.78 is 7.18. The maximum atomic E-state index is 13.2. The van der Waals surface area contributed by atoms with Gasteiger partial charge in [0.25, 0.3) is 5.91 Å². The minimum atomic E-state index is 0.0500.